The third-order valence-electron chi connectivity index (χ3n) is 6.31. The highest BCUT2D eigenvalue weighted by atomic mass is 35.5. The van der Waals surface area contributed by atoms with Gasteiger partial charge in [-0.05, 0) is 67.3 Å². The molecule has 0 atom stereocenters. The van der Waals surface area contributed by atoms with Gasteiger partial charge in [-0.3, -0.25) is 4.79 Å². The third-order valence-corrected chi connectivity index (χ3v) is 7.65. The van der Waals surface area contributed by atoms with Crippen LogP contribution in [0.5, 0.6) is 5.75 Å². The number of hydrogen-bond donors (Lipinski definition) is 0. The second-order valence-corrected chi connectivity index (χ2v) is 11.4. The lowest BCUT2D eigenvalue weighted by molar-refractivity contribution is 0.0741. The van der Waals surface area contributed by atoms with Crippen LogP contribution in [0.25, 0.3) is 10.9 Å². The van der Waals surface area contributed by atoms with Gasteiger partial charge in [0.15, 0.2) is 9.84 Å². The van der Waals surface area contributed by atoms with Crippen LogP contribution in [0.4, 0.5) is 5.82 Å². The Morgan fingerprint density at radius 1 is 1.06 bits per heavy atom. The number of piperazine rings is 1. The highest BCUT2D eigenvalue weighted by Crippen LogP contribution is 2.32. The predicted molar refractivity (Wildman–Crippen MR) is 133 cm³/mol. The Hall–Kier alpha value is -2.84. The molecule has 1 amide bonds. The standard InChI is InChI=1S/C25H26ClN3O4S/c1-34(31,32)20-6-8-23(33-16-17-2-3-17)21(15-20)25(30)29-12-10-28(11-13-29)24-9-4-18-14-19(26)5-7-22(18)27-24/h4-9,14-15,17H,2-3,10-13,16H2,1H3. The van der Waals surface area contributed by atoms with E-state index in [2.05, 4.69) is 4.90 Å². The number of carbonyl (C=O) groups is 1. The maximum atomic E-state index is 13.4. The number of ether oxygens (including phenoxy) is 1. The molecule has 9 heteroatoms. The Bertz CT molecular complexity index is 1350. The number of hydrogen-bond acceptors (Lipinski definition) is 6. The number of pyridine rings is 1. The summed E-state index contributed by atoms with van der Waals surface area (Å²) in [7, 11) is -3.44. The fourth-order valence-corrected chi connectivity index (χ4v) is 4.92. The summed E-state index contributed by atoms with van der Waals surface area (Å²) >= 11 is 6.07. The number of halogens is 1. The van der Waals surface area contributed by atoms with Crippen LogP contribution in [0.2, 0.25) is 5.02 Å². The molecule has 34 heavy (non-hydrogen) atoms. The van der Waals surface area contributed by atoms with E-state index in [0.29, 0.717) is 55.0 Å². The van der Waals surface area contributed by atoms with Gasteiger partial charge in [0, 0.05) is 42.8 Å². The van der Waals surface area contributed by atoms with Crippen LogP contribution in [-0.4, -0.2) is 63.3 Å². The molecule has 0 N–H and O–H groups in total. The molecule has 0 spiro atoms. The highest BCUT2D eigenvalue weighted by Gasteiger charge is 2.28. The summed E-state index contributed by atoms with van der Waals surface area (Å²) in [4.78, 5) is 22.2. The molecule has 2 aromatic carbocycles. The first-order valence-electron chi connectivity index (χ1n) is 11.4. The lowest BCUT2D eigenvalue weighted by atomic mass is 10.1. The van der Waals surface area contributed by atoms with Crippen molar-refractivity contribution in [2.75, 3.05) is 43.9 Å². The molecule has 1 saturated heterocycles. The van der Waals surface area contributed by atoms with Crippen LogP contribution in [0.1, 0.15) is 23.2 Å². The van der Waals surface area contributed by atoms with E-state index in [1.54, 1.807) is 11.0 Å². The summed E-state index contributed by atoms with van der Waals surface area (Å²) in [6.45, 7) is 2.81. The summed E-state index contributed by atoms with van der Waals surface area (Å²) < 4.78 is 30.1. The number of benzene rings is 2. The van der Waals surface area contributed by atoms with E-state index >= 15 is 0 Å². The van der Waals surface area contributed by atoms with Crippen LogP contribution in [-0.2, 0) is 9.84 Å². The summed E-state index contributed by atoms with van der Waals surface area (Å²) in [5.74, 6) is 1.61. The smallest absolute Gasteiger partial charge is 0.257 e. The fourth-order valence-electron chi connectivity index (χ4n) is 4.10. The van der Waals surface area contributed by atoms with Gasteiger partial charge in [-0.2, -0.15) is 0 Å². The first-order chi connectivity index (χ1) is 16.3. The molecular weight excluding hydrogens is 474 g/mol. The van der Waals surface area contributed by atoms with Gasteiger partial charge in [-0.25, -0.2) is 13.4 Å². The summed E-state index contributed by atoms with van der Waals surface area (Å²) in [6, 6.07) is 14.1. The molecule has 2 aliphatic rings. The van der Waals surface area contributed by atoms with E-state index in [-0.39, 0.29) is 10.8 Å². The molecule has 178 valence electrons. The van der Waals surface area contributed by atoms with Crippen molar-refractivity contribution in [1.82, 2.24) is 9.88 Å². The summed E-state index contributed by atoms with van der Waals surface area (Å²) in [6.07, 6.45) is 3.40. The highest BCUT2D eigenvalue weighted by molar-refractivity contribution is 7.90. The molecule has 0 bridgehead atoms. The van der Waals surface area contributed by atoms with Crippen molar-refractivity contribution in [2.24, 2.45) is 5.92 Å². The van der Waals surface area contributed by atoms with Crippen LogP contribution in [0.15, 0.2) is 53.4 Å². The molecule has 1 aliphatic heterocycles. The minimum atomic E-state index is -3.44. The zero-order valence-corrected chi connectivity index (χ0v) is 20.5. The SMILES string of the molecule is CS(=O)(=O)c1ccc(OCC2CC2)c(C(=O)N2CCN(c3ccc4cc(Cl)ccc4n3)CC2)c1. The van der Waals surface area contributed by atoms with E-state index < -0.39 is 9.84 Å². The summed E-state index contributed by atoms with van der Waals surface area (Å²) in [5.41, 5.74) is 1.17. The number of aromatic nitrogens is 1. The maximum Gasteiger partial charge on any atom is 0.257 e. The number of fused-ring (bicyclic) bond motifs is 1. The van der Waals surface area contributed by atoms with Gasteiger partial charge in [0.25, 0.3) is 5.91 Å². The number of amides is 1. The van der Waals surface area contributed by atoms with Crippen molar-refractivity contribution in [3.63, 3.8) is 0 Å². The largest absolute Gasteiger partial charge is 0.492 e. The lowest BCUT2D eigenvalue weighted by Gasteiger charge is -2.35. The zero-order valence-electron chi connectivity index (χ0n) is 18.9. The van der Waals surface area contributed by atoms with Gasteiger partial charge in [-0.15, -0.1) is 0 Å². The topological polar surface area (TPSA) is 79.8 Å². The van der Waals surface area contributed by atoms with Crippen LogP contribution >= 0.6 is 11.6 Å². The molecule has 0 unspecified atom stereocenters. The second-order valence-electron chi connectivity index (χ2n) is 8.97. The Labute approximate surface area is 204 Å². The molecular formula is C25H26ClN3O4S. The van der Waals surface area contributed by atoms with Crippen molar-refractivity contribution in [3.8, 4) is 5.75 Å². The normalized spacial score (nSPS) is 16.6. The Morgan fingerprint density at radius 3 is 2.53 bits per heavy atom. The van der Waals surface area contributed by atoms with E-state index in [1.807, 2.05) is 30.3 Å². The molecule has 1 aromatic heterocycles. The van der Waals surface area contributed by atoms with Gasteiger partial charge >= 0.3 is 0 Å². The number of sulfone groups is 1. The Kier molecular flexibility index (Phi) is 6.12. The monoisotopic (exact) mass is 499 g/mol. The van der Waals surface area contributed by atoms with Crippen molar-refractivity contribution in [1.29, 1.82) is 0 Å². The molecule has 3 aromatic rings. The second kappa shape index (κ2) is 9.07. The minimum Gasteiger partial charge on any atom is -0.492 e. The number of carbonyl (C=O) groups excluding carboxylic acids is 1. The fraction of sp³-hybridized carbons (Fsp3) is 0.360. The van der Waals surface area contributed by atoms with Gasteiger partial charge < -0.3 is 14.5 Å². The Balaban J connectivity index is 1.32. The van der Waals surface area contributed by atoms with Crippen LogP contribution in [0, 0.1) is 5.92 Å². The minimum absolute atomic E-state index is 0.119. The van der Waals surface area contributed by atoms with E-state index in [1.165, 1.54) is 12.1 Å². The van der Waals surface area contributed by atoms with Gasteiger partial charge in [-0.1, -0.05) is 11.6 Å². The number of rotatable bonds is 6. The average Bonchev–Trinajstić information content (AvgIpc) is 3.66. The molecule has 5 rings (SSSR count). The average molecular weight is 500 g/mol. The van der Waals surface area contributed by atoms with E-state index in [4.69, 9.17) is 21.3 Å². The van der Waals surface area contributed by atoms with Crippen LogP contribution < -0.4 is 9.64 Å². The van der Waals surface area contributed by atoms with Crippen LogP contribution in [0.3, 0.4) is 0 Å². The first-order valence-corrected chi connectivity index (χ1v) is 13.6. The van der Waals surface area contributed by atoms with Crippen molar-refractivity contribution >= 4 is 44.1 Å². The Morgan fingerprint density at radius 2 is 1.82 bits per heavy atom. The van der Waals surface area contributed by atoms with Gasteiger partial charge in [0.05, 0.1) is 22.6 Å². The number of anilines is 1. The van der Waals surface area contributed by atoms with E-state index in [9.17, 15) is 13.2 Å². The quantitative estimate of drug-likeness (QED) is 0.509. The molecule has 1 aliphatic carbocycles. The predicted octanol–water partition coefficient (Wildman–Crippen LogP) is 4.04. The lowest BCUT2D eigenvalue weighted by Crippen LogP contribution is -2.49. The molecule has 2 fully saturated rings. The first kappa shape index (κ1) is 22.9. The maximum absolute atomic E-state index is 13.4. The molecule has 2 heterocycles. The zero-order chi connectivity index (χ0) is 23.9. The third kappa shape index (κ3) is 4.98. The molecule has 0 radical (unpaired) electrons. The molecule has 7 nitrogen and oxygen atoms in total. The van der Waals surface area contributed by atoms with Gasteiger partial charge in [0.1, 0.15) is 11.6 Å². The summed E-state index contributed by atoms with van der Waals surface area (Å²) in [5, 5.41) is 1.66. The van der Waals surface area contributed by atoms with Crippen molar-refractivity contribution in [3.05, 3.63) is 59.1 Å². The number of nitrogens with zero attached hydrogens (tertiary/aromatic N) is 3. The van der Waals surface area contributed by atoms with E-state index in [0.717, 1.165) is 35.8 Å². The van der Waals surface area contributed by atoms with Crippen molar-refractivity contribution in [2.45, 2.75) is 17.7 Å². The van der Waals surface area contributed by atoms with Gasteiger partial charge in [0.2, 0.25) is 0 Å². The van der Waals surface area contributed by atoms with Crippen molar-refractivity contribution < 1.29 is 17.9 Å². The molecule has 1 saturated carbocycles.